The van der Waals surface area contributed by atoms with Crippen molar-refractivity contribution in [1.82, 2.24) is 4.98 Å². The number of rotatable bonds is 4. The molecule has 0 aliphatic rings. The summed E-state index contributed by atoms with van der Waals surface area (Å²) in [6.45, 7) is 1.64. The Labute approximate surface area is 97.9 Å². The highest BCUT2D eigenvalue weighted by molar-refractivity contribution is 5.92. The Kier molecular flexibility index (Phi) is 4.17. The van der Waals surface area contributed by atoms with Crippen LogP contribution in [0.5, 0.6) is 0 Å². The third-order valence-corrected chi connectivity index (χ3v) is 2.10. The van der Waals surface area contributed by atoms with Gasteiger partial charge in [-0.25, -0.2) is 9.78 Å². The Hall–Kier alpha value is -2.42. The first-order valence-corrected chi connectivity index (χ1v) is 4.91. The second-order valence-electron chi connectivity index (χ2n) is 3.49. The number of carbonyl (C=O) groups is 2. The summed E-state index contributed by atoms with van der Waals surface area (Å²) >= 11 is 0. The highest BCUT2D eigenvalue weighted by Gasteiger charge is 2.12. The molecule has 0 aromatic carbocycles. The van der Waals surface area contributed by atoms with E-state index in [0.717, 1.165) is 0 Å². The molecule has 0 radical (unpaired) electrons. The Bertz CT molecular complexity index is 462. The van der Waals surface area contributed by atoms with Gasteiger partial charge >= 0.3 is 5.97 Å². The van der Waals surface area contributed by atoms with Gasteiger partial charge < -0.3 is 10.4 Å². The molecule has 0 unspecified atom stereocenters. The first-order chi connectivity index (χ1) is 8.04. The van der Waals surface area contributed by atoms with Gasteiger partial charge in [-0.3, -0.25) is 4.79 Å². The molecule has 0 saturated carbocycles. The first kappa shape index (κ1) is 12.6. The van der Waals surface area contributed by atoms with Gasteiger partial charge in [0, 0.05) is 12.3 Å². The molecular weight excluding hydrogens is 222 g/mol. The monoisotopic (exact) mass is 233 g/mol. The fourth-order valence-corrected chi connectivity index (χ4v) is 1.09. The number of hydrogen-bond acceptors (Lipinski definition) is 4. The molecule has 2 N–H and O–H groups in total. The van der Waals surface area contributed by atoms with Crippen LogP contribution in [-0.2, 0) is 4.79 Å². The van der Waals surface area contributed by atoms with E-state index in [1.165, 1.54) is 18.3 Å². The lowest BCUT2D eigenvalue weighted by molar-refractivity contribution is -0.119. The molecule has 1 aromatic rings. The average molecular weight is 233 g/mol. The lowest BCUT2D eigenvalue weighted by atomic mass is 10.1. The van der Waals surface area contributed by atoms with Gasteiger partial charge in [0.05, 0.1) is 18.0 Å². The third kappa shape index (κ3) is 3.57. The van der Waals surface area contributed by atoms with Gasteiger partial charge in [0.1, 0.15) is 5.69 Å². The Morgan fingerprint density at radius 3 is 2.76 bits per heavy atom. The summed E-state index contributed by atoms with van der Waals surface area (Å²) in [6.07, 6.45) is 1.40. The van der Waals surface area contributed by atoms with Crippen LogP contribution in [0.3, 0.4) is 0 Å². The molecule has 0 aliphatic heterocycles. The van der Waals surface area contributed by atoms with Gasteiger partial charge in [-0.2, -0.15) is 5.26 Å². The smallest absolute Gasteiger partial charge is 0.354 e. The minimum absolute atomic E-state index is 0.0897. The zero-order chi connectivity index (χ0) is 12.8. The van der Waals surface area contributed by atoms with Gasteiger partial charge in [-0.1, -0.05) is 6.92 Å². The van der Waals surface area contributed by atoms with Crippen molar-refractivity contribution in [3.05, 3.63) is 24.0 Å². The fourth-order valence-electron chi connectivity index (χ4n) is 1.09. The molecule has 0 fully saturated rings. The lowest BCUT2D eigenvalue weighted by Crippen LogP contribution is -2.20. The number of nitriles is 1. The first-order valence-electron chi connectivity index (χ1n) is 4.91. The molecule has 1 rings (SSSR count). The highest BCUT2D eigenvalue weighted by atomic mass is 16.4. The molecule has 1 amide bonds. The van der Waals surface area contributed by atoms with Crippen molar-refractivity contribution in [2.45, 2.75) is 13.3 Å². The van der Waals surface area contributed by atoms with Crippen molar-refractivity contribution < 1.29 is 14.7 Å². The van der Waals surface area contributed by atoms with Crippen LogP contribution in [0, 0.1) is 17.2 Å². The maximum absolute atomic E-state index is 11.5. The summed E-state index contributed by atoms with van der Waals surface area (Å²) < 4.78 is 0. The topological polar surface area (TPSA) is 103 Å². The van der Waals surface area contributed by atoms with Crippen LogP contribution < -0.4 is 5.32 Å². The van der Waals surface area contributed by atoms with Crippen LogP contribution in [0.4, 0.5) is 5.69 Å². The molecule has 17 heavy (non-hydrogen) atoms. The van der Waals surface area contributed by atoms with Crippen LogP contribution in [0.15, 0.2) is 18.3 Å². The van der Waals surface area contributed by atoms with Gasteiger partial charge in [0.25, 0.3) is 0 Å². The number of nitrogens with one attached hydrogen (secondary N) is 1. The van der Waals surface area contributed by atoms with Crippen molar-refractivity contribution in [1.29, 1.82) is 5.26 Å². The Balaban J connectivity index is 2.67. The number of anilines is 1. The normalized spacial score (nSPS) is 11.3. The molecule has 6 nitrogen and oxygen atoms in total. The summed E-state index contributed by atoms with van der Waals surface area (Å²) in [5.74, 6) is -1.84. The lowest BCUT2D eigenvalue weighted by Gasteiger charge is -2.08. The number of carboxylic acids is 1. The number of nitrogens with zero attached hydrogens (tertiary/aromatic N) is 2. The van der Waals surface area contributed by atoms with E-state index in [1.54, 1.807) is 6.92 Å². The number of amides is 1. The number of carbonyl (C=O) groups excluding carboxylic acids is 1. The average Bonchev–Trinajstić information content (AvgIpc) is 2.30. The molecule has 1 aromatic heterocycles. The summed E-state index contributed by atoms with van der Waals surface area (Å²) in [5.41, 5.74) is 0.317. The van der Waals surface area contributed by atoms with Crippen molar-refractivity contribution >= 4 is 17.6 Å². The van der Waals surface area contributed by atoms with Gasteiger partial charge in [-0.15, -0.1) is 0 Å². The maximum atomic E-state index is 11.5. The predicted molar refractivity (Wildman–Crippen MR) is 59.2 cm³/mol. The molecule has 1 atom stereocenters. The van der Waals surface area contributed by atoms with E-state index in [1.807, 2.05) is 6.07 Å². The second kappa shape index (κ2) is 5.61. The number of aromatic carboxylic acids is 1. The molecule has 0 spiro atoms. The SMILES string of the molecule is C[C@@H](CC#N)C(=O)Nc1ccc(C(=O)O)nc1. The third-order valence-electron chi connectivity index (χ3n) is 2.10. The van der Waals surface area contributed by atoms with Crippen LogP contribution in [0.1, 0.15) is 23.8 Å². The Morgan fingerprint density at radius 1 is 1.59 bits per heavy atom. The van der Waals surface area contributed by atoms with E-state index in [9.17, 15) is 9.59 Å². The quantitative estimate of drug-likeness (QED) is 0.814. The van der Waals surface area contributed by atoms with Gasteiger partial charge in [0.2, 0.25) is 5.91 Å². The molecule has 0 saturated heterocycles. The second-order valence-corrected chi connectivity index (χ2v) is 3.49. The van der Waals surface area contributed by atoms with Crippen molar-refractivity contribution in [3.8, 4) is 6.07 Å². The standard InChI is InChI=1S/C11H11N3O3/c1-7(4-5-12)10(15)14-8-2-3-9(11(16)17)13-6-8/h2-3,6-7H,4H2,1H3,(H,14,15)(H,16,17)/t7-/m0/s1. The van der Waals surface area contributed by atoms with Gasteiger partial charge in [-0.05, 0) is 12.1 Å². The minimum atomic E-state index is -1.12. The number of carboxylic acid groups (broad SMARTS) is 1. The summed E-state index contributed by atoms with van der Waals surface area (Å²) in [6, 6.07) is 4.65. The molecule has 0 aliphatic carbocycles. The number of hydrogen-bond donors (Lipinski definition) is 2. The highest BCUT2D eigenvalue weighted by Crippen LogP contribution is 2.09. The molecule has 6 heteroatoms. The molecule has 0 bridgehead atoms. The maximum Gasteiger partial charge on any atom is 0.354 e. The van der Waals surface area contributed by atoms with Crippen LogP contribution in [0.25, 0.3) is 0 Å². The zero-order valence-electron chi connectivity index (χ0n) is 9.17. The number of aromatic nitrogens is 1. The molecule has 88 valence electrons. The van der Waals surface area contributed by atoms with Crippen molar-refractivity contribution in [2.24, 2.45) is 5.92 Å². The number of pyridine rings is 1. The van der Waals surface area contributed by atoms with E-state index in [-0.39, 0.29) is 18.0 Å². The molecular formula is C11H11N3O3. The minimum Gasteiger partial charge on any atom is -0.477 e. The van der Waals surface area contributed by atoms with Crippen molar-refractivity contribution in [2.75, 3.05) is 5.32 Å². The van der Waals surface area contributed by atoms with Crippen LogP contribution in [0.2, 0.25) is 0 Å². The summed E-state index contributed by atoms with van der Waals surface area (Å²) in [4.78, 5) is 25.7. The van der Waals surface area contributed by atoms with E-state index in [4.69, 9.17) is 10.4 Å². The van der Waals surface area contributed by atoms with Crippen molar-refractivity contribution in [3.63, 3.8) is 0 Å². The molecule has 1 heterocycles. The Morgan fingerprint density at radius 2 is 2.29 bits per heavy atom. The summed E-state index contributed by atoms with van der Waals surface area (Å²) in [7, 11) is 0. The van der Waals surface area contributed by atoms with E-state index >= 15 is 0 Å². The predicted octanol–water partition coefficient (Wildman–Crippen LogP) is 1.27. The largest absolute Gasteiger partial charge is 0.477 e. The fraction of sp³-hybridized carbons (Fsp3) is 0.273. The van der Waals surface area contributed by atoms with Crippen LogP contribution >= 0.6 is 0 Å². The van der Waals surface area contributed by atoms with Crippen LogP contribution in [-0.4, -0.2) is 22.0 Å². The van der Waals surface area contributed by atoms with Gasteiger partial charge in [0.15, 0.2) is 0 Å². The summed E-state index contributed by atoms with van der Waals surface area (Å²) in [5, 5.41) is 19.6. The van der Waals surface area contributed by atoms with E-state index in [0.29, 0.717) is 5.69 Å². The zero-order valence-corrected chi connectivity index (χ0v) is 9.17. The van der Waals surface area contributed by atoms with E-state index in [2.05, 4.69) is 10.3 Å². The van der Waals surface area contributed by atoms with E-state index < -0.39 is 11.9 Å².